The van der Waals surface area contributed by atoms with Gasteiger partial charge in [0.15, 0.2) is 0 Å². The van der Waals surface area contributed by atoms with Crippen LogP contribution in [0.5, 0.6) is 11.5 Å². The van der Waals surface area contributed by atoms with Gasteiger partial charge in [0.2, 0.25) is 0 Å². The molecule has 0 saturated heterocycles. The molecule has 46 heavy (non-hydrogen) atoms. The number of pyridine rings is 2. The Labute approximate surface area is 288 Å². The van der Waals surface area contributed by atoms with E-state index in [1.54, 1.807) is 0 Å². The summed E-state index contributed by atoms with van der Waals surface area (Å²) in [5, 5.41) is 0. The molecule has 4 heterocycles. The normalized spacial score (nSPS) is 15.8. The van der Waals surface area contributed by atoms with Gasteiger partial charge >= 0.3 is 0 Å². The summed E-state index contributed by atoms with van der Waals surface area (Å²) in [7, 11) is 0. The number of ether oxygens (including phenoxy) is 2. The number of thioether (sulfide) groups is 4. The van der Waals surface area contributed by atoms with Gasteiger partial charge in [-0.1, -0.05) is 48.5 Å². The topological polar surface area (TPSA) is 44.2 Å². The molecule has 2 aromatic heterocycles. The van der Waals surface area contributed by atoms with E-state index in [0.717, 1.165) is 91.4 Å². The molecule has 4 nitrogen and oxygen atoms in total. The molecule has 0 radical (unpaired) electrons. The lowest BCUT2D eigenvalue weighted by Gasteiger charge is -2.15. The van der Waals surface area contributed by atoms with Gasteiger partial charge in [-0.25, -0.2) is 0 Å². The molecule has 0 aliphatic carbocycles. The van der Waals surface area contributed by atoms with Crippen LogP contribution < -0.4 is 9.47 Å². The Morgan fingerprint density at radius 3 is 1.09 bits per heavy atom. The van der Waals surface area contributed by atoms with Crippen LogP contribution in [0.1, 0.15) is 56.2 Å². The van der Waals surface area contributed by atoms with E-state index in [4.69, 9.17) is 19.4 Å². The Balaban J connectivity index is 1.26. The molecule has 0 saturated carbocycles. The number of fused-ring (bicyclic) bond motifs is 10. The fourth-order valence-corrected chi connectivity index (χ4v) is 9.09. The largest absolute Gasteiger partial charge is 0.489 e. The molecule has 2 aliphatic rings. The Bertz CT molecular complexity index is 1580. The minimum Gasteiger partial charge on any atom is -0.489 e. The van der Waals surface area contributed by atoms with Crippen LogP contribution in [0, 0.1) is 0 Å². The average molecular weight is 681 g/mol. The van der Waals surface area contributed by atoms with Crippen molar-refractivity contribution in [2.24, 2.45) is 0 Å². The van der Waals surface area contributed by atoms with Crippen LogP contribution in [-0.4, -0.2) is 9.97 Å². The molecule has 234 valence electrons. The van der Waals surface area contributed by atoms with Gasteiger partial charge in [-0.3, -0.25) is 9.97 Å². The van der Waals surface area contributed by atoms with E-state index < -0.39 is 0 Å². The van der Waals surface area contributed by atoms with Crippen molar-refractivity contribution in [1.29, 1.82) is 0 Å². The monoisotopic (exact) mass is 680 g/mol. The number of aromatic nitrogens is 2. The number of benzene rings is 3. The average Bonchev–Trinajstić information content (AvgIpc) is 3.06. The van der Waals surface area contributed by atoms with Crippen molar-refractivity contribution >= 4 is 47.0 Å². The third-order valence-electron chi connectivity index (χ3n) is 7.76. The second-order valence-electron chi connectivity index (χ2n) is 11.5. The van der Waals surface area contributed by atoms with Crippen LogP contribution in [0.3, 0.4) is 0 Å². The summed E-state index contributed by atoms with van der Waals surface area (Å²) in [6, 6.07) is 34.8. The first kappa shape index (κ1) is 31.6. The molecule has 0 spiro atoms. The summed E-state index contributed by atoms with van der Waals surface area (Å²) in [6.07, 6.45) is 0. The van der Waals surface area contributed by atoms with Crippen molar-refractivity contribution in [3.05, 3.63) is 153 Å². The number of hydrogen-bond acceptors (Lipinski definition) is 8. The molecule has 10 bridgehead atoms. The molecule has 2 aliphatic heterocycles. The van der Waals surface area contributed by atoms with Gasteiger partial charge in [-0.05, 0) is 81.9 Å². The maximum Gasteiger partial charge on any atom is 0.120 e. The van der Waals surface area contributed by atoms with Gasteiger partial charge in [-0.2, -0.15) is 47.0 Å². The minimum atomic E-state index is 0.495. The summed E-state index contributed by atoms with van der Waals surface area (Å²) in [6.45, 7) is 0.989. The van der Waals surface area contributed by atoms with Gasteiger partial charge in [0.05, 0.1) is 22.8 Å². The first-order valence-electron chi connectivity index (χ1n) is 15.5. The van der Waals surface area contributed by atoms with Crippen molar-refractivity contribution in [1.82, 2.24) is 9.97 Å². The van der Waals surface area contributed by atoms with E-state index in [9.17, 15) is 0 Å². The van der Waals surface area contributed by atoms with Crippen molar-refractivity contribution in [2.45, 2.75) is 59.2 Å². The Morgan fingerprint density at radius 2 is 0.739 bits per heavy atom. The van der Waals surface area contributed by atoms with E-state index in [2.05, 4.69) is 97.1 Å². The molecule has 3 aromatic carbocycles. The first-order chi connectivity index (χ1) is 22.7. The number of rotatable bonds is 0. The predicted octanol–water partition coefficient (Wildman–Crippen LogP) is 9.99. The summed E-state index contributed by atoms with van der Waals surface area (Å²) >= 11 is 7.63. The van der Waals surface area contributed by atoms with Crippen LogP contribution in [0.4, 0.5) is 0 Å². The van der Waals surface area contributed by atoms with Gasteiger partial charge < -0.3 is 9.47 Å². The molecule has 0 N–H and O–H groups in total. The summed E-state index contributed by atoms with van der Waals surface area (Å²) < 4.78 is 13.0. The highest BCUT2D eigenvalue weighted by Crippen LogP contribution is 2.30. The molecule has 0 amide bonds. The van der Waals surface area contributed by atoms with E-state index in [-0.39, 0.29) is 0 Å². The fraction of sp³-hybridized carbons (Fsp3) is 0.263. The summed E-state index contributed by atoms with van der Waals surface area (Å²) in [5.74, 6) is 8.94. The molecule has 0 fully saturated rings. The fourth-order valence-electron chi connectivity index (χ4n) is 5.59. The predicted molar refractivity (Wildman–Crippen MR) is 196 cm³/mol. The highest BCUT2D eigenvalue weighted by atomic mass is 32.2. The molecule has 8 heteroatoms. The first-order valence-corrected chi connectivity index (χ1v) is 20.1. The lowest BCUT2D eigenvalue weighted by molar-refractivity contribution is 0.285. The van der Waals surface area contributed by atoms with E-state index in [1.165, 1.54) is 22.3 Å². The maximum atomic E-state index is 6.51. The molecule has 7 rings (SSSR count). The highest BCUT2D eigenvalue weighted by Gasteiger charge is 2.11. The molecule has 5 aromatic rings. The molecule has 0 atom stereocenters. The standard InChI is InChI=1S/C38H36N2O2S4/c1-2-6-32-18-42-38-15-29-12-30(16-38)22-46-26-36-10-4-8-34(40-36)24-44-20-28-11-27(13-37(14-28)41-17-31(32)5-1)19-43-23-33-7-3-9-35(39-33)25-45-21-29/h1-16H,17-26H2. The van der Waals surface area contributed by atoms with Crippen LogP contribution in [0.2, 0.25) is 0 Å². The molecular weight excluding hydrogens is 645 g/mol. The maximum absolute atomic E-state index is 6.51. The van der Waals surface area contributed by atoms with Crippen molar-refractivity contribution in [3.8, 4) is 11.5 Å². The van der Waals surface area contributed by atoms with Crippen molar-refractivity contribution < 1.29 is 9.47 Å². The lowest BCUT2D eigenvalue weighted by atomic mass is 10.1. The van der Waals surface area contributed by atoms with E-state index >= 15 is 0 Å². The zero-order valence-electron chi connectivity index (χ0n) is 25.7. The zero-order valence-corrected chi connectivity index (χ0v) is 28.9. The van der Waals surface area contributed by atoms with Crippen LogP contribution in [0.15, 0.2) is 97.1 Å². The smallest absolute Gasteiger partial charge is 0.120 e. The molecular formula is C38H36N2O2S4. The van der Waals surface area contributed by atoms with Gasteiger partial charge in [0.25, 0.3) is 0 Å². The third-order valence-corrected chi connectivity index (χ3v) is 11.9. The zero-order chi connectivity index (χ0) is 31.0. The van der Waals surface area contributed by atoms with Crippen LogP contribution >= 0.6 is 47.0 Å². The number of hydrogen-bond donors (Lipinski definition) is 0. The van der Waals surface area contributed by atoms with E-state index in [1.807, 2.05) is 47.0 Å². The van der Waals surface area contributed by atoms with Crippen molar-refractivity contribution in [2.75, 3.05) is 0 Å². The van der Waals surface area contributed by atoms with Crippen LogP contribution in [0.25, 0.3) is 0 Å². The summed E-state index contributed by atoms with van der Waals surface area (Å²) in [4.78, 5) is 10.0. The van der Waals surface area contributed by atoms with Gasteiger partial charge in [0.1, 0.15) is 24.7 Å². The van der Waals surface area contributed by atoms with Crippen molar-refractivity contribution in [3.63, 3.8) is 0 Å². The Kier molecular flexibility index (Phi) is 10.8. The van der Waals surface area contributed by atoms with Gasteiger partial charge in [-0.15, -0.1) is 0 Å². The second-order valence-corrected chi connectivity index (χ2v) is 15.5. The highest BCUT2D eigenvalue weighted by molar-refractivity contribution is 7.98. The van der Waals surface area contributed by atoms with Gasteiger partial charge in [0, 0.05) is 46.0 Å². The quantitative estimate of drug-likeness (QED) is 0.160. The Hall–Kier alpha value is -3.04. The van der Waals surface area contributed by atoms with Crippen LogP contribution in [-0.2, 0) is 59.2 Å². The summed E-state index contributed by atoms with van der Waals surface area (Å²) in [5.41, 5.74) is 11.9. The SMILES string of the molecule is c1cc2nc(c1)CSCc1cc3cc(c1)OCc1ccccc1COc1cc(cc(c1)CSCc1cccc(n1)CSC3)CSC2. The lowest BCUT2D eigenvalue weighted by Crippen LogP contribution is -2.04. The minimum absolute atomic E-state index is 0.495. The second kappa shape index (κ2) is 15.7. The molecule has 0 unspecified atom stereocenters. The number of nitrogens with zero attached hydrogens (tertiary/aromatic N) is 2. The van der Waals surface area contributed by atoms with E-state index in [0.29, 0.717) is 13.2 Å². The third kappa shape index (κ3) is 8.85. The Morgan fingerprint density at radius 1 is 0.391 bits per heavy atom.